The lowest BCUT2D eigenvalue weighted by atomic mass is 9.93. The minimum absolute atomic E-state index is 0.165. The third kappa shape index (κ3) is 2.06. The molecule has 0 spiro atoms. The molecule has 1 aromatic heterocycles. The van der Waals surface area contributed by atoms with Gasteiger partial charge in [-0.1, -0.05) is 30.3 Å². The van der Waals surface area contributed by atoms with E-state index in [9.17, 15) is 4.79 Å². The molecular weight excluding hydrogens is 198 g/mol. The minimum Gasteiger partial charge on any atom is -0.354 e. The number of hydrogen-bond acceptors (Lipinski definition) is 1. The SMILES string of the molecule is Cn1cccc1[C@@H](CC=O)c1ccccc1. The summed E-state index contributed by atoms with van der Waals surface area (Å²) in [6.45, 7) is 0. The van der Waals surface area contributed by atoms with Gasteiger partial charge in [-0.2, -0.15) is 0 Å². The molecule has 2 aromatic rings. The number of aldehydes is 1. The molecule has 1 aromatic carbocycles. The molecule has 0 radical (unpaired) electrons. The fourth-order valence-electron chi connectivity index (χ4n) is 2.05. The van der Waals surface area contributed by atoms with Crippen LogP contribution in [0.5, 0.6) is 0 Å². The lowest BCUT2D eigenvalue weighted by Gasteiger charge is -2.15. The van der Waals surface area contributed by atoms with Crippen molar-refractivity contribution in [3.8, 4) is 0 Å². The van der Waals surface area contributed by atoms with Crippen molar-refractivity contribution < 1.29 is 4.79 Å². The van der Waals surface area contributed by atoms with Gasteiger partial charge in [0.1, 0.15) is 6.29 Å². The summed E-state index contributed by atoms with van der Waals surface area (Å²) in [4.78, 5) is 10.8. The third-order valence-electron chi connectivity index (χ3n) is 2.87. The molecule has 0 amide bonds. The van der Waals surface area contributed by atoms with Gasteiger partial charge in [0.15, 0.2) is 0 Å². The van der Waals surface area contributed by atoms with Crippen molar-refractivity contribution in [2.45, 2.75) is 12.3 Å². The smallest absolute Gasteiger partial charge is 0.120 e. The second-order valence-electron chi connectivity index (χ2n) is 3.91. The lowest BCUT2D eigenvalue weighted by Crippen LogP contribution is -2.06. The van der Waals surface area contributed by atoms with Crippen LogP contribution in [-0.2, 0) is 11.8 Å². The first-order chi connectivity index (χ1) is 7.83. The quantitative estimate of drug-likeness (QED) is 0.716. The third-order valence-corrected chi connectivity index (χ3v) is 2.87. The molecule has 0 fully saturated rings. The molecule has 2 heteroatoms. The molecule has 82 valence electrons. The zero-order valence-electron chi connectivity index (χ0n) is 9.34. The van der Waals surface area contributed by atoms with Gasteiger partial charge in [-0.25, -0.2) is 0 Å². The standard InChI is InChI=1S/C14H15NO/c1-15-10-5-8-14(15)13(9-11-16)12-6-3-2-4-7-12/h2-8,10-11,13H,9H2,1H3/t13-/m0/s1. The van der Waals surface area contributed by atoms with Gasteiger partial charge >= 0.3 is 0 Å². The molecule has 1 atom stereocenters. The van der Waals surface area contributed by atoms with Crippen LogP contribution >= 0.6 is 0 Å². The molecular formula is C14H15NO. The summed E-state index contributed by atoms with van der Waals surface area (Å²) in [7, 11) is 2.01. The average molecular weight is 213 g/mol. The van der Waals surface area contributed by atoms with Crippen molar-refractivity contribution in [1.82, 2.24) is 4.57 Å². The molecule has 0 unspecified atom stereocenters. The molecule has 0 saturated carbocycles. The van der Waals surface area contributed by atoms with Crippen LogP contribution < -0.4 is 0 Å². The Morgan fingerprint density at radius 2 is 1.94 bits per heavy atom. The highest BCUT2D eigenvalue weighted by molar-refractivity contribution is 5.53. The summed E-state index contributed by atoms with van der Waals surface area (Å²) in [6.07, 6.45) is 3.53. The van der Waals surface area contributed by atoms with E-state index in [0.29, 0.717) is 6.42 Å². The Balaban J connectivity index is 2.39. The predicted octanol–water partition coefficient (Wildman–Crippen LogP) is 2.75. The summed E-state index contributed by atoms with van der Waals surface area (Å²) < 4.78 is 2.07. The fourth-order valence-corrected chi connectivity index (χ4v) is 2.05. The Morgan fingerprint density at radius 1 is 1.19 bits per heavy atom. The highest BCUT2D eigenvalue weighted by atomic mass is 16.1. The Labute approximate surface area is 95.5 Å². The minimum atomic E-state index is 0.165. The number of benzene rings is 1. The summed E-state index contributed by atoms with van der Waals surface area (Å²) in [6, 6.07) is 14.2. The molecule has 0 aliphatic carbocycles. The number of carbonyl (C=O) groups is 1. The van der Waals surface area contributed by atoms with Gasteiger partial charge in [-0.3, -0.25) is 0 Å². The summed E-state index contributed by atoms with van der Waals surface area (Å²) in [5, 5.41) is 0. The maximum Gasteiger partial charge on any atom is 0.120 e. The Hall–Kier alpha value is -1.83. The van der Waals surface area contributed by atoms with Crippen LogP contribution in [0.4, 0.5) is 0 Å². The normalized spacial score (nSPS) is 12.3. The van der Waals surface area contributed by atoms with Gasteiger partial charge in [0, 0.05) is 31.3 Å². The van der Waals surface area contributed by atoms with E-state index in [2.05, 4.69) is 22.8 Å². The molecule has 2 nitrogen and oxygen atoms in total. The van der Waals surface area contributed by atoms with Crippen LogP contribution in [0.2, 0.25) is 0 Å². The van der Waals surface area contributed by atoms with Crippen LogP contribution in [-0.4, -0.2) is 10.9 Å². The van der Waals surface area contributed by atoms with E-state index < -0.39 is 0 Å². The first-order valence-electron chi connectivity index (χ1n) is 5.42. The summed E-state index contributed by atoms with van der Waals surface area (Å²) >= 11 is 0. The maximum absolute atomic E-state index is 10.8. The Morgan fingerprint density at radius 3 is 2.50 bits per heavy atom. The highest BCUT2D eigenvalue weighted by Crippen LogP contribution is 2.26. The van der Waals surface area contributed by atoms with Crippen LogP contribution in [0.1, 0.15) is 23.6 Å². The van der Waals surface area contributed by atoms with Crippen molar-refractivity contribution in [3.05, 3.63) is 59.9 Å². The largest absolute Gasteiger partial charge is 0.354 e. The molecule has 0 aliphatic rings. The highest BCUT2D eigenvalue weighted by Gasteiger charge is 2.15. The van der Waals surface area contributed by atoms with E-state index in [4.69, 9.17) is 0 Å². The average Bonchev–Trinajstić information content (AvgIpc) is 2.73. The summed E-state index contributed by atoms with van der Waals surface area (Å²) in [5.41, 5.74) is 2.37. The molecule has 0 saturated heterocycles. The van der Waals surface area contributed by atoms with Crippen LogP contribution in [0.3, 0.4) is 0 Å². The molecule has 0 N–H and O–H groups in total. The molecule has 1 heterocycles. The monoisotopic (exact) mass is 213 g/mol. The van der Waals surface area contributed by atoms with E-state index in [1.54, 1.807) is 0 Å². The second-order valence-corrected chi connectivity index (χ2v) is 3.91. The van der Waals surface area contributed by atoms with Gasteiger partial charge in [-0.05, 0) is 17.7 Å². The second kappa shape index (κ2) is 4.79. The van der Waals surface area contributed by atoms with Gasteiger partial charge < -0.3 is 9.36 Å². The van der Waals surface area contributed by atoms with Crippen LogP contribution in [0.15, 0.2) is 48.7 Å². The maximum atomic E-state index is 10.8. The van der Waals surface area contributed by atoms with Crippen LogP contribution in [0.25, 0.3) is 0 Å². The van der Waals surface area contributed by atoms with E-state index >= 15 is 0 Å². The fraction of sp³-hybridized carbons (Fsp3) is 0.214. The van der Waals surface area contributed by atoms with Crippen molar-refractivity contribution >= 4 is 6.29 Å². The number of aryl methyl sites for hydroxylation is 1. The van der Waals surface area contributed by atoms with E-state index in [1.165, 1.54) is 11.3 Å². The topological polar surface area (TPSA) is 22.0 Å². The molecule has 2 rings (SSSR count). The summed E-state index contributed by atoms with van der Waals surface area (Å²) in [5.74, 6) is 0.165. The van der Waals surface area contributed by atoms with Crippen LogP contribution in [0, 0.1) is 0 Å². The van der Waals surface area contributed by atoms with Crippen molar-refractivity contribution in [3.63, 3.8) is 0 Å². The van der Waals surface area contributed by atoms with E-state index in [1.807, 2.05) is 37.5 Å². The van der Waals surface area contributed by atoms with Gasteiger partial charge in [-0.15, -0.1) is 0 Å². The lowest BCUT2D eigenvalue weighted by molar-refractivity contribution is -0.108. The van der Waals surface area contributed by atoms with E-state index in [0.717, 1.165) is 6.29 Å². The van der Waals surface area contributed by atoms with E-state index in [-0.39, 0.29) is 5.92 Å². The molecule has 0 bridgehead atoms. The Kier molecular flexibility index (Phi) is 3.20. The first kappa shape index (κ1) is 10.7. The number of hydrogen-bond donors (Lipinski definition) is 0. The van der Waals surface area contributed by atoms with Gasteiger partial charge in [0.25, 0.3) is 0 Å². The number of aromatic nitrogens is 1. The number of rotatable bonds is 4. The number of carbonyl (C=O) groups excluding carboxylic acids is 1. The van der Waals surface area contributed by atoms with Gasteiger partial charge in [0.2, 0.25) is 0 Å². The van der Waals surface area contributed by atoms with Gasteiger partial charge in [0.05, 0.1) is 0 Å². The molecule has 0 aliphatic heterocycles. The van der Waals surface area contributed by atoms with Crippen molar-refractivity contribution in [1.29, 1.82) is 0 Å². The zero-order valence-corrected chi connectivity index (χ0v) is 9.34. The predicted molar refractivity (Wildman–Crippen MR) is 64.4 cm³/mol. The first-order valence-corrected chi connectivity index (χ1v) is 5.42. The Bertz CT molecular complexity index is 459. The number of nitrogens with zero attached hydrogens (tertiary/aromatic N) is 1. The molecule has 16 heavy (non-hydrogen) atoms. The zero-order chi connectivity index (χ0) is 11.4. The van der Waals surface area contributed by atoms with Crippen molar-refractivity contribution in [2.75, 3.05) is 0 Å². The van der Waals surface area contributed by atoms with Crippen molar-refractivity contribution in [2.24, 2.45) is 7.05 Å².